The van der Waals surface area contributed by atoms with Crippen LogP contribution in [-0.2, 0) is 11.3 Å². The summed E-state index contributed by atoms with van der Waals surface area (Å²) < 4.78 is 12.7. The molecule has 0 aliphatic rings. The largest absolute Gasteiger partial charge is 0.484 e. The number of aromatic nitrogens is 4. The monoisotopic (exact) mass is 341 g/mol. The Kier molecular flexibility index (Phi) is 5.08. The molecule has 130 valence electrons. The lowest BCUT2D eigenvalue weighted by Crippen LogP contribution is -2.29. The van der Waals surface area contributed by atoms with Crippen LogP contribution in [0.5, 0.6) is 11.6 Å². The molecule has 0 spiro atoms. The number of hydrogen-bond acceptors (Lipinski definition) is 6. The molecule has 0 bridgehead atoms. The molecule has 3 aromatic rings. The van der Waals surface area contributed by atoms with E-state index in [4.69, 9.17) is 9.47 Å². The van der Waals surface area contributed by atoms with Gasteiger partial charge < -0.3 is 14.8 Å². The van der Waals surface area contributed by atoms with Gasteiger partial charge in [-0.2, -0.15) is 0 Å². The topological polar surface area (TPSA) is 90.6 Å². The highest BCUT2D eigenvalue weighted by molar-refractivity contribution is 5.77. The van der Waals surface area contributed by atoms with Crippen molar-refractivity contribution in [1.29, 1.82) is 0 Å². The van der Waals surface area contributed by atoms with E-state index in [0.717, 1.165) is 5.56 Å². The first-order valence-electron chi connectivity index (χ1n) is 7.95. The van der Waals surface area contributed by atoms with Crippen LogP contribution in [0, 0.1) is 6.92 Å². The number of nitrogens with one attached hydrogen (secondary N) is 1. The first kappa shape index (κ1) is 16.7. The highest BCUT2D eigenvalue weighted by Crippen LogP contribution is 2.16. The second kappa shape index (κ2) is 7.61. The number of aryl methyl sites for hydroxylation is 1. The van der Waals surface area contributed by atoms with Gasteiger partial charge in [0, 0.05) is 12.4 Å². The minimum atomic E-state index is -0.237. The fourth-order valence-corrected chi connectivity index (χ4v) is 2.30. The van der Waals surface area contributed by atoms with Crippen molar-refractivity contribution in [2.45, 2.75) is 20.4 Å². The van der Waals surface area contributed by atoms with E-state index in [0.29, 0.717) is 29.7 Å². The fraction of sp³-hybridized carbons (Fsp3) is 0.294. The zero-order chi connectivity index (χ0) is 17.6. The Balaban J connectivity index is 1.60. The lowest BCUT2D eigenvalue weighted by atomic mass is 10.2. The van der Waals surface area contributed by atoms with Gasteiger partial charge in [-0.3, -0.25) is 9.20 Å². The highest BCUT2D eigenvalue weighted by atomic mass is 16.5. The summed E-state index contributed by atoms with van der Waals surface area (Å²) in [6.45, 7) is 4.46. The van der Waals surface area contributed by atoms with Gasteiger partial charge >= 0.3 is 0 Å². The van der Waals surface area contributed by atoms with Gasteiger partial charge in [0.1, 0.15) is 5.75 Å². The minimum Gasteiger partial charge on any atom is -0.484 e. The maximum absolute atomic E-state index is 12.0. The molecule has 0 unspecified atom stereocenters. The van der Waals surface area contributed by atoms with Gasteiger partial charge in [0.05, 0.1) is 13.2 Å². The smallest absolute Gasteiger partial charge is 0.260 e. The van der Waals surface area contributed by atoms with E-state index in [1.165, 1.54) is 0 Å². The van der Waals surface area contributed by atoms with Crippen LogP contribution >= 0.6 is 0 Å². The van der Waals surface area contributed by atoms with Crippen molar-refractivity contribution >= 4 is 11.6 Å². The summed E-state index contributed by atoms with van der Waals surface area (Å²) in [5.41, 5.74) is 1.50. The number of para-hydroxylation sites is 1. The molecule has 1 N–H and O–H groups in total. The Labute approximate surface area is 144 Å². The first-order valence-corrected chi connectivity index (χ1v) is 7.95. The van der Waals surface area contributed by atoms with E-state index >= 15 is 0 Å². The molecular weight excluding hydrogens is 322 g/mol. The number of hydrogen-bond donors (Lipinski definition) is 1. The normalized spacial score (nSPS) is 10.6. The maximum atomic E-state index is 12.0. The Morgan fingerprint density at radius 3 is 2.88 bits per heavy atom. The number of carbonyl (C=O) groups is 1. The molecule has 8 heteroatoms. The van der Waals surface area contributed by atoms with E-state index in [1.807, 2.05) is 38.1 Å². The minimum absolute atomic E-state index is 0.0622. The number of ether oxygens (including phenoxy) is 2. The number of carbonyl (C=O) groups excluding carboxylic acids is 1. The van der Waals surface area contributed by atoms with Gasteiger partial charge in [0.25, 0.3) is 11.8 Å². The van der Waals surface area contributed by atoms with Gasteiger partial charge in [-0.1, -0.05) is 18.2 Å². The van der Waals surface area contributed by atoms with Crippen LogP contribution in [0.15, 0.2) is 36.7 Å². The number of benzene rings is 1. The summed E-state index contributed by atoms with van der Waals surface area (Å²) in [4.78, 5) is 16.1. The molecule has 1 amide bonds. The standard InChI is InChI=1S/C17H19N5O3/c1-3-24-17-16-21-20-14(22(16)9-8-18-17)10-19-15(23)11-25-13-7-5-4-6-12(13)2/h4-9H,3,10-11H2,1-2H3,(H,19,23). The molecule has 8 nitrogen and oxygen atoms in total. The molecule has 0 saturated heterocycles. The molecule has 0 fully saturated rings. The molecule has 0 saturated carbocycles. The van der Waals surface area contributed by atoms with Crippen molar-refractivity contribution in [3.05, 3.63) is 48.0 Å². The van der Waals surface area contributed by atoms with Crippen LogP contribution in [0.4, 0.5) is 0 Å². The summed E-state index contributed by atoms with van der Waals surface area (Å²) in [6, 6.07) is 7.55. The Bertz CT molecular complexity index is 878. The molecule has 0 radical (unpaired) electrons. The summed E-state index contributed by atoms with van der Waals surface area (Å²) in [7, 11) is 0. The zero-order valence-corrected chi connectivity index (χ0v) is 14.1. The van der Waals surface area contributed by atoms with Crippen LogP contribution in [0.1, 0.15) is 18.3 Å². The van der Waals surface area contributed by atoms with Crippen LogP contribution in [0.3, 0.4) is 0 Å². The Morgan fingerprint density at radius 1 is 1.24 bits per heavy atom. The average molecular weight is 341 g/mol. The fourth-order valence-electron chi connectivity index (χ4n) is 2.30. The van der Waals surface area contributed by atoms with E-state index in [-0.39, 0.29) is 19.1 Å². The summed E-state index contributed by atoms with van der Waals surface area (Å²) in [6.07, 6.45) is 3.33. The van der Waals surface area contributed by atoms with Gasteiger partial charge in [-0.05, 0) is 25.5 Å². The second-order valence-corrected chi connectivity index (χ2v) is 5.31. The van der Waals surface area contributed by atoms with Gasteiger partial charge in [0.15, 0.2) is 12.4 Å². The summed E-state index contributed by atoms with van der Waals surface area (Å²) >= 11 is 0. The molecule has 2 aromatic heterocycles. The molecule has 0 aliphatic carbocycles. The average Bonchev–Trinajstić information content (AvgIpc) is 3.04. The predicted molar refractivity (Wildman–Crippen MR) is 90.5 cm³/mol. The number of rotatable bonds is 7. The molecule has 2 heterocycles. The molecule has 0 atom stereocenters. The summed E-state index contributed by atoms with van der Waals surface area (Å²) in [5.74, 6) is 1.46. The van der Waals surface area contributed by atoms with Crippen LogP contribution in [-0.4, -0.2) is 38.7 Å². The molecule has 1 aromatic carbocycles. The van der Waals surface area contributed by atoms with Crippen LogP contribution < -0.4 is 14.8 Å². The third-order valence-corrected chi connectivity index (χ3v) is 3.54. The Morgan fingerprint density at radius 2 is 2.08 bits per heavy atom. The lowest BCUT2D eigenvalue weighted by molar-refractivity contribution is -0.123. The van der Waals surface area contributed by atoms with Crippen molar-refractivity contribution in [1.82, 2.24) is 24.9 Å². The number of fused-ring (bicyclic) bond motifs is 1. The summed E-state index contributed by atoms with van der Waals surface area (Å²) in [5, 5.41) is 10.9. The van der Waals surface area contributed by atoms with Crippen molar-refractivity contribution in [3.63, 3.8) is 0 Å². The van der Waals surface area contributed by atoms with Gasteiger partial charge in [-0.25, -0.2) is 4.98 Å². The molecule has 3 rings (SSSR count). The highest BCUT2D eigenvalue weighted by Gasteiger charge is 2.12. The third kappa shape index (κ3) is 3.85. The second-order valence-electron chi connectivity index (χ2n) is 5.31. The van der Waals surface area contributed by atoms with Crippen molar-refractivity contribution in [2.24, 2.45) is 0 Å². The quantitative estimate of drug-likeness (QED) is 0.701. The van der Waals surface area contributed by atoms with E-state index in [9.17, 15) is 4.79 Å². The lowest BCUT2D eigenvalue weighted by Gasteiger charge is -2.09. The predicted octanol–water partition coefficient (Wildman–Crippen LogP) is 1.53. The number of amides is 1. The van der Waals surface area contributed by atoms with Crippen molar-refractivity contribution in [3.8, 4) is 11.6 Å². The van der Waals surface area contributed by atoms with E-state index in [2.05, 4.69) is 20.5 Å². The molecular formula is C17H19N5O3. The Hall–Kier alpha value is -3.16. The van der Waals surface area contributed by atoms with Crippen molar-refractivity contribution in [2.75, 3.05) is 13.2 Å². The van der Waals surface area contributed by atoms with Gasteiger partial charge in [-0.15, -0.1) is 10.2 Å². The zero-order valence-electron chi connectivity index (χ0n) is 14.1. The van der Waals surface area contributed by atoms with Gasteiger partial charge in [0.2, 0.25) is 5.65 Å². The van der Waals surface area contributed by atoms with Crippen LogP contribution in [0.25, 0.3) is 5.65 Å². The van der Waals surface area contributed by atoms with Crippen LogP contribution in [0.2, 0.25) is 0 Å². The molecule has 25 heavy (non-hydrogen) atoms. The SMILES string of the molecule is CCOc1nccn2c(CNC(=O)COc3ccccc3C)nnc12. The number of nitrogens with zero attached hydrogens (tertiary/aromatic N) is 4. The molecule has 0 aliphatic heterocycles. The van der Waals surface area contributed by atoms with E-state index in [1.54, 1.807) is 16.8 Å². The third-order valence-electron chi connectivity index (χ3n) is 3.54. The van der Waals surface area contributed by atoms with E-state index < -0.39 is 0 Å². The van der Waals surface area contributed by atoms with Crippen molar-refractivity contribution < 1.29 is 14.3 Å². The first-order chi connectivity index (χ1) is 12.2. The maximum Gasteiger partial charge on any atom is 0.260 e.